The van der Waals surface area contributed by atoms with Gasteiger partial charge in [0.1, 0.15) is 11.6 Å². The lowest BCUT2D eigenvalue weighted by molar-refractivity contribution is 0.194. The van der Waals surface area contributed by atoms with Crippen molar-refractivity contribution in [3.8, 4) is 0 Å². The number of nitrogens with zero attached hydrogens (tertiary/aromatic N) is 4. The van der Waals surface area contributed by atoms with Crippen LogP contribution in [-0.4, -0.2) is 32.8 Å². The molecule has 5 heteroatoms. The molecule has 24 heavy (non-hydrogen) atoms. The molecule has 1 atom stereocenters. The van der Waals surface area contributed by atoms with Crippen LogP contribution in [0.15, 0.2) is 24.3 Å². The molecule has 3 heterocycles. The van der Waals surface area contributed by atoms with Crippen molar-refractivity contribution in [1.29, 1.82) is 0 Å². The van der Waals surface area contributed by atoms with Crippen LogP contribution in [0.25, 0.3) is 0 Å². The summed E-state index contributed by atoms with van der Waals surface area (Å²) in [6.45, 7) is 4.30. The van der Waals surface area contributed by atoms with Gasteiger partial charge >= 0.3 is 0 Å². The first-order valence-corrected chi connectivity index (χ1v) is 9.56. The van der Waals surface area contributed by atoms with Crippen LogP contribution >= 0.6 is 11.6 Å². The van der Waals surface area contributed by atoms with E-state index in [9.17, 15) is 0 Å². The Morgan fingerprint density at radius 1 is 1.08 bits per heavy atom. The highest BCUT2D eigenvalue weighted by molar-refractivity contribution is 6.30. The number of fused-ring (bicyclic) bond motifs is 1. The largest absolute Gasteiger partial charge is 0.315 e. The molecule has 1 fully saturated rings. The number of aryl methyl sites for hydroxylation is 1. The molecule has 0 bridgehead atoms. The molecule has 0 radical (unpaired) electrons. The smallest absolute Gasteiger partial charge is 0.137 e. The number of likely N-dealkylation sites (tertiary alicyclic amines) is 1. The van der Waals surface area contributed by atoms with Crippen molar-refractivity contribution >= 4 is 11.6 Å². The summed E-state index contributed by atoms with van der Waals surface area (Å²) in [6.07, 6.45) is 7.37. The summed E-state index contributed by atoms with van der Waals surface area (Å²) in [4.78, 5) is 2.54. The Morgan fingerprint density at radius 2 is 2.04 bits per heavy atom. The lowest BCUT2D eigenvalue weighted by atomic mass is 9.96. The molecule has 2 aliphatic heterocycles. The molecule has 4 rings (SSSR count). The molecule has 4 nitrogen and oxygen atoms in total. The molecule has 1 unspecified atom stereocenters. The maximum absolute atomic E-state index is 6.13. The number of rotatable bonds is 3. The van der Waals surface area contributed by atoms with Gasteiger partial charge in [-0.25, -0.2) is 0 Å². The van der Waals surface area contributed by atoms with Crippen LogP contribution in [0.3, 0.4) is 0 Å². The van der Waals surface area contributed by atoms with E-state index in [0.29, 0.717) is 5.92 Å². The molecule has 2 aliphatic rings. The van der Waals surface area contributed by atoms with Crippen LogP contribution < -0.4 is 0 Å². The first-order chi connectivity index (χ1) is 11.8. The summed E-state index contributed by atoms with van der Waals surface area (Å²) in [5.74, 6) is 2.94. The SMILES string of the molecule is Clc1cccc(CN2CCCC(c3nnc4n3CCCCC4)C2)c1. The summed E-state index contributed by atoms with van der Waals surface area (Å²) in [5, 5.41) is 9.90. The van der Waals surface area contributed by atoms with Crippen molar-refractivity contribution in [1.82, 2.24) is 19.7 Å². The van der Waals surface area contributed by atoms with Crippen LogP contribution in [0, 0.1) is 0 Å². The van der Waals surface area contributed by atoms with Gasteiger partial charge in [0.25, 0.3) is 0 Å². The second kappa shape index (κ2) is 7.24. The van der Waals surface area contributed by atoms with Gasteiger partial charge in [-0.15, -0.1) is 10.2 Å². The quantitative estimate of drug-likeness (QED) is 0.842. The average Bonchev–Trinajstić information content (AvgIpc) is 2.84. The summed E-state index contributed by atoms with van der Waals surface area (Å²) in [6, 6.07) is 8.22. The van der Waals surface area contributed by atoms with E-state index in [4.69, 9.17) is 11.6 Å². The van der Waals surface area contributed by atoms with Crippen LogP contribution in [-0.2, 0) is 19.5 Å². The van der Waals surface area contributed by atoms with E-state index in [2.05, 4.69) is 31.8 Å². The Labute approximate surface area is 148 Å². The lowest BCUT2D eigenvalue weighted by Crippen LogP contribution is -2.35. The van der Waals surface area contributed by atoms with Crippen molar-refractivity contribution < 1.29 is 0 Å². The molecule has 0 amide bonds. The minimum Gasteiger partial charge on any atom is -0.315 e. The number of halogens is 1. The maximum Gasteiger partial charge on any atom is 0.137 e. The Hall–Kier alpha value is -1.39. The van der Waals surface area contributed by atoms with Gasteiger partial charge in [-0.05, 0) is 49.9 Å². The number of hydrogen-bond donors (Lipinski definition) is 0. The second-order valence-corrected chi connectivity index (χ2v) is 7.58. The van der Waals surface area contributed by atoms with Gasteiger partial charge in [0.05, 0.1) is 0 Å². The standard InChI is InChI=1S/C19H25ClN4/c20-17-8-4-6-15(12-17)13-23-10-5-7-16(14-23)19-22-21-18-9-2-1-3-11-24(18)19/h4,6,8,12,16H,1-3,5,7,9-11,13-14H2. The molecule has 2 aromatic rings. The van der Waals surface area contributed by atoms with E-state index < -0.39 is 0 Å². The van der Waals surface area contributed by atoms with Crippen LogP contribution in [0.5, 0.6) is 0 Å². The Kier molecular flexibility index (Phi) is 4.86. The summed E-state index contributed by atoms with van der Waals surface area (Å²) < 4.78 is 2.42. The zero-order valence-electron chi connectivity index (χ0n) is 14.1. The molecule has 1 aromatic heterocycles. The third kappa shape index (κ3) is 3.50. The van der Waals surface area contributed by atoms with Crippen molar-refractivity contribution in [3.63, 3.8) is 0 Å². The van der Waals surface area contributed by atoms with Crippen LogP contribution in [0.4, 0.5) is 0 Å². The number of piperidine rings is 1. The van der Waals surface area contributed by atoms with Crippen LogP contribution in [0.2, 0.25) is 5.02 Å². The Morgan fingerprint density at radius 3 is 2.96 bits per heavy atom. The molecule has 128 valence electrons. The van der Waals surface area contributed by atoms with E-state index >= 15 is 0 Å². The van der Waals surface area contributed by atoms with E-state index in [1.807, 2.05) is 12.1 Å². The third-order valence-electron chi connectivity index (χ3n) is 5.30. The highest BCUT2D eigenvalue weighted by Crippen LogP contribution is 2.29. The zero-order chi connectivity index (χ0) is 16.4. The fourth-order valence-electron chi connectivity index (χ4n) is 4.11. The molecule has 0 spiro atoms. The topological polar surface area (TPSA) is 34.0 Å². The van der Waals surface area contributed by atoms with Crippen molar-refractivity contribution in [3.05, 3.63) is 46.5 Å². The fraction of sp³-hybridized carbons (Fsp3) is 0.579. The maximum atomic E-state index is 6.13. The second-order valence-electron chi connectivity index (χ2n) is 7.14. The highest BCUT2D eigenvalue weighted by atomic mass is 35.5. The summed E-state index contributed by atoms with van der Waals surface area (Å²) >= 11 is 6.13. The molecule has 0 aliphatic carbocycles. The molecule has 0 N–H and O–H groups in total. The molecule has 0 saturated carbocycles. The fourth-order valence-corrected chi connectivity index (χ4v) is 4.33. The number of aromatic nitrogens is 3. The normalized spacial score (nSPS) is 22.1. The van der Waals surface area contributed by atoms with E-state index in [0.717, 1.165) is 37.6 Å². The van der Waals surface area contributed by atoms with Gasteiger partial charge in [-0.1, -0.05) is 30.2 Å². The molecular weight excluding hydrogens is 320 g/mol. The molecular formula is C19H25ClN4. The summed E-state index contributed by atoms with van der Waals surface area (Å²) in [5.41, 5.74) is 1.29. The highest BCUT2D eigenvalue weighted by Gasteiger charge is 2.27. The minimum atomic E-state index is 0.511. The van der Waals surface area contributed by atoms with Gasteiger partial charge in [0.2, 0.25) is 0 Å². The predicted molar refractivity (Wildman–Crippen MR) is 96.3 cm³/mol. The lowest BCUT2D eigenvalue weighted by Gasteiger charge is -2.32. The van der Waals surface area contributed by atoms with Gasteiger partial charge in [-0.3, -0.25) is 4.90 Å². The van der Waals surface area contributed by atoms with Gasteiger partial charge in [0.15, 0.2) is 0 Å². The van der Waals surface area contributed by atoms with Gasteiger partial charge in [-0.2, -0.15) is 0 Å². The Balaban J connectivity index is 1.48. The monoisotopic (exact) mass is 344 g/mol. The zero-order valence-corrected chi connectivity index (χ0v) is 14.9. The molecule has 1 saturated heterocycles. The predicted octanol–water partition coefficient (Wildman–Crippen LogP) is 4.04. The van der Waals surface area contributed by atoms with E-state index in [1.165, 1.54) is 49.3 Å². The van der Waals surface area contributed by atoms with Gasteiger partial charge < -0.3 is 4.57 Å². The van der Waals surface area contributed by atoms with Gasteiger partial charge in [0, 0.05) is 37.0 Å². The first-order valence-electron chi connectivity index (χ1n) is 9.18. The molecule has 1 aromatic carbocycles. The number of benzene rings is 1. The Bertz CT molecular complexity index is 696. The van der Waals surface area contributed by atoms with Crippen molar-refractivity contribution in [2.24, 2.45) is 0 Å². The van der Waals surface area contributed by atoms with E-state index in [-0.39, 0.29) is 0 Å². The average molecular weight is 345 g/mol. The van der Waals surface area contributed by atoms with Crippen molar-refractivity contribution in [2.45, 2.75) is 57.5 Å². The van der Waals surface area contributed by atoms with Crippen molar-refractivity contribution in [2.75, 3.05) is 13.1 Å². The minimum absolute atomic E-state index is 0.511. The summed E-state index contributed by atoms with van der Waals surface area (Å²) in [7, 11) is 0. The number of hydrogen-bond acceptors (Lipinski definition) is 3. The van der Waals surface area contributed by atoms with Crippen LogP contribution in [0.1, 0.15) is 55.2 Å². The third-order valence-corrected chi connectivity index (χ3v) is 5.54. The van der Waals surface area contributed by atoms with E-state index in [1.54, 1.807) is 0 Å². The first kappa shape index (κ1) is 16.1.